The van der Waals surface area contributed by atoms with Gasteiger partial charge in [-0.05, 0) is 50.2 Å². The number of aryl methyl sites for hydroxylation is 3. The summed E-state index contributed by atoms with van der Waals surface area (Å²) in [5, 5.41) is 13.7. The van der Waals surface area contributed by atoms with E-state index >= 15 is 0 Å². The third-order valence-electron chi connectivity index (χ3n) is 6.47. The zero-order valence-corrected chi connectivity index (χ0v) is 20.6. The summed E-state index contributed by atoms with van der Waals surface area (Å²) in [6, 6.07) is 18.5. The third-order valence-corrected chi connectivity index (χ3v) is 6.47. The fraction of sp³-hybridized carbons (Fsp3) is 0.259. The van der Waals surface area contributed by atoms with Crippen LogP contribution in [0.5, 0.6) is 0 Å². The van der Waals surface area contributed by atoms with Crippen LogP contribution in [0.3, 0.4) is 0 Å². The monoisotopic (exact) mass is 480 g/mol. The van der Waals surface area contributed by atoms with Gasteiger partial charge in [-0.3, -0.25) is 4.68 Å². The molecule has 0 aliphatic carbocycles. The molecule has 1 aliphatic heterocycles. The highest BCUT2D eigenvalue weighted by molar-refractivity contribution is 5.86. The molecule has 0 radical (unpaired) electrons. The van der Waals surface area contributed by atoms with Gasteiger partial charge in [-0.15, -0.1) is 0 Å². The first kappa shape index (κ1) is 22.2. The van der Waals surface area contributed by atoms with E-state index in [1.54, 1.807) is 0 Å². The molecule has 0 atom stereocenters. The minimum Gasteiger partial charge on any atom is -0.378 e. The van der Waals surface area contributed by atoms with Crippen LogP contribution in [0.1, 0.15) is 11.4 Å². The Morgan fingerprint density at radius 2 is 1.69 bits per heavy atom. The Morgan fingerprint density at radius 1 is 0.889 bits per heavy atom. The van der Waals surface area contributed by atoms with Crippen molar-refractivity contribution in [2.24, 2.45) is 7.05 Å². The summed E-state index contributed by atoms with van der Waals surface area (Å²) < 4.78 is 9.33. The van der Waals surface area contributed by atoms with Crippen LogP contribution in [0.25, 0.3) is 27.8 Å². The van der Waals surface area contributed by atoms with Gasteiger partial charge in [0, 0.05) is 49.0 Å². The van der Waals surface area contributed by atoms with Crippen LogP contribution in [0.4, 0.5) is 17.5 Å². The SMILES string of the molecule is Cc1ccn(-c2ccc(Nc3cc(-c4ccc5c(C)nn(C)c5c4)nc(N4CCOCC4)n3)cc2)n1. The molecule has 1 aliphatic rings. The number of aromatic nitrogens is 6. The summed E-state index contributed by atoms with van der Waals surface area (Å²) in [7, 11) is 1.97. The number of hydrogen-bond donors (Lipinski definition) is 1. The van der Waals surface area contributed by atoms with Crippen LogP contribution in [0, 0.1) is 13.8 Å². The minimum absolute atomic E-state index is 0.672. The van der Waals surface area contributed by atoms with Crippen LogP contribution in [-0.4, -0.2) is 55.8 Å². The summed E-state index contributed by atoms with van der Waals surface area (Å²) >= 11 is 0. The van der Waals surface area contributed by atoms with Gasteiger partial charge in [-0.2, -0.15) is 15.2 Å². The van der Waals surface area contributed by atoms with Crippen LogP contribution in [0.15, 0.2) is 60.8 Å². The third kappa shape index (κ3) is 4.29. The van der Waals surface area contributed by atoms with Crippen molar-refractivity contribution in [3.8, 4) is 16.9 Å². The molecule has 1 fully saturated rings. The van der Waals surface area contributed by atoms with Crippen molar-refractivity contribution in [3.63, 3.8) is 0 Å². The maximum Gasteiger partial charge on any atom is 0.228 e. The van der Waals surface area contributed by atoms with Gasteiger partial charge in [0.25, 0.3) is 0 Å². The van der Waals surface area contributed by atoms with Crippen molar-refractivity contribution in [1.29, 1.82) is 0 Å². The highest BCUT2D eigenvalue weighted by Gasteiger charge is 2.17. The highest BCUT2D eigenvalue weighted by Crippen LogP contribution is 2.29. The van der Waals surface area contributed by atoms with E-state index in [-0.39, 0.29) is 0 Å². The Kier molecular flexibility index (Phi) is 5.61. The van der Waals surface area contributed by atoms with E-state index in [0.717, 1.165) is 63.8 Å². The number of rotatable bonds is 5. The first-order valence-corrected chi connectivity index (χ1v) is 12.1. The molecule has 5 aromatic rings. The maximum absolute atomic E-state index is 5.55. The van der Waals surface area contributed by atoms with Crippen molar-refractivity contribution in [1.82, 2.24) is 29.5 Å². The Labute approximate surface area is 209 Å². The van der Waals surface area contributed by atoms with Crippen LogP contribution in [0.2, 0.25) is 0 Å². The summed E-state index contributed by atoms with van der Waals surface area (Å²) in [5.41, 5.74) is 6.92. The second-order valence-corrected chi connectivity index (χ2v) is 9.05. The van der Waals surface area contributed by atoms with Gasteiger partial charge in [0.15, 0.2) is 0 Å². The average Bonchev–Trinajstić information content (AvgIpc) is 3.47. The fourth-order valence-electron chi connectivity index (χ4n) is 4.55. The Bertz CT molecular complexity index is 1530. The number of nitrogens with zero attached hydrogens (tertiary/aromatic N) is 7. The lowest BCUT2D eigenvalue weighted by Crippen LogP contribution is -2.37. The molecule has 9 heteroatoms. The van der Waals surface area contributed by atoms with Gasteiger partial charge in [0.1, 0.15) is 5.82 Å². The van der Waals surface area contributed by atoms with E-state index in [4.69, 9.17) is 14.7 Å². The number of hydrogen-bond acceptors (Lipinski definition) is 7. The van der Waals surface area contributed by atoms with Gasteiger partial charge in [0.05, 0.1) is 41.5 Å². The smallest absolute Gasteiger partial charge is 0.228 e. The summed E-state index contributed by atoms with van der Waals surface area (Å²) in [6.07, 6.45) is 1.96. The van der Waals surface area contributed by atoms with E-state index in [0.29, 0.717) is 19.2 Å². The molecule has 0 amide bonds. The highest BCUT2D eigenvalue weighted by atomic mass is 16.5. The summed E-state index contributed by atoms with van der Waals surface area (Å²) in [6.45, 7) is 6.89. The molecular weight excluding hydrogens is 452 g/mol. The normalized spacial score (nSPS) is 13.9. The number of anilines is 3. The second-order valence-electron chi connectivity index (χ2n) is 9.05. The predicted molar refractivity (Wildman–Crippen MR) is 141 cm³/mol. The Balaban J connectivity index is 1.36. The first-order chi connectivity index (χ1) is 17.5. The molecule has 0 saturated carbocycles. The minimum atomic E-state index is 0.672. The molecule has 0 spiro atoms. The molecule has 9 nitrogen and oxygen atoms in total. The molecule has 182 valence electrons. The second kappa shape index (κ2) is 9.09. The van der Waals surface area contributed by atoms with Gasteiger partial charge < -0.3 is 15.0 Å². The molecule has 0 unspecified atom stereocenters. The van der Waals surface area contributed by atoms with Gasteiger partial charge >= 0.3 is 0 Å². The van der Waals surface area contributed by atoms with Gasteiger partial charge in [-0.1, -0.05) is 12.1 Å². The van der Waals surface area contributed by atoms with Crippen LogP contribution >= 0.6 is 0 Å². The molecule has 4 heterocycles. The summed E-state index contributed by atoms with van der Waals surface area (Å²) in [4.78, 5) is 12.0. The van der Waals surface area contributed by atoms with E-state index in [9.17, 15) is 0 Å². The number of ether oxygens (including phenoxy) is 1. The largest absolute Gasteiger partial charge is 0.378 e. The lowest BCUT2D eigenvalue weighted by molar-refractivity contribution is 0.122. The molecule has 3 aromatic heterocycles. The van der Waals surface area contributed by atoms with Crippen molar-refractivity contribution in [2.75, 3.05) is 36.5 Å². The molecule has 2 aromatic carbocycles. The predicted octanol–water partition coefficient (Wildman–Crippen LogP) is 4.41. The summed E-state index contributed by atoms with van der Waals surface area (Å²) in [5.74, 6) is 1.44. The lowest BCUT2D eigenvalue weighted by Gasteiger charge is -2.27. The number of nitrogens with one attached hydrogen (secondary N) is 1. The number of morpholine rings is 1. The topological polar surface area (TPSA) is 85.9 Å². The molecule has 1 saturated heterocycles. The number of benzene rings is 2. The quantitative estimate of drug-likeness (QED) is 0.399. The van der Waals surface area contributed by atoms with Crippen molar-refractivity contribution in [3.05, 3.63) is 72.2 Å². The van der Waals surface area contributed by atoms with E-state index in [2.05, 4.69) is 38.6 Å². The first-order valence-electron chi connectivity index (χ1n) is 12.1. The fourth-order valence-corrected chi connectivity index (χ4v) is 4.55. The van der Waals surface area contributed by atoms with Crippen molar-refractivity contribution >= 4 is 28.4 Å². The molecule has 1 N–H and O–H groups in total. The van der Waals surface area contributed by atoms with Crippen molar-refractivity contribution < 1.29 is 4.74 Å². The van der Waals surface area contributed by atoms with Gasteiger partial charge in [0.2, 0.25) is 5.95 Å². The van der Waals surface area contributed by atoms with Crippen molar-refractivity contribution in [2.45, 2.75) is 13.8 Å². The van der Waals surface area contributed by atoms with E-state index < -0.39 is 0 Å². The van der Waals surface area contributed by atoms with Crippen LogP contribution in [-0.2, 0) is 11.8 Å². The lowest BCUT2D eigenvalue weighted by atomic mass is 10.1. The van der Waals surface area contributed by atoms with Crippen LogP contribution < -0.4 is 10.2 Å². The standard InChI is InChI=1S/C27H28N8O/c1-18-10-11-35(31-18)22-7-5-21(6-8-22)28-26-17-24(29-27(30-26)34-12-14-36-15-13-34)20-4-9-23-19(2)32-33(3)25(23)16-20/h4-11,16-17H,12-15H2,1-3H3,(H,28,29,30). The molecule has 0 bridgehead atoms. The molecular formula is C27H28N8O. The zero-order valence-electron chi connectivity index (χ0n) is 20.6. The average molecular weight is 481 g/mol. The maximum atomic E-state index is 5.55. The molecule has 36 heavy (non-hydrogen) atoms. The Morgan fingerprint density at radius 3 is 2.44 bits per heavy atom. The molecule has 6 rings (SSSR count). The zero-order chi connectivity index (χ0) is 24.6. The Hall–Kier alpha value is -4.24. The van der Waals surface area contributed by atoms with E-state index in [1.165, 1.54) is 0 Å². The number of fused-ring (bicyclic) bond motifs is 1. The van der Waals surface area contributed by atoms with E-state index in [1.807, 2.05) is 72.9 Å². The van der Waals surface area contributed by atoms with Gasteiger partial charge in [-0.25, -0.2) is 9.67 Å².